The molecule has 0 aliphatic carbocycles. The molecule has 1 aromatic carbocycles. The molecule has 0 aliphatic heterocycles. The van der Waals surface area contributed by atoms with E-state index in [4.69, 9.17) is 16.3 Å². The summed E-state index contributed by atoms with van der Waals surface area (Å²) in [5, 5.41) is 0.328. The Kier molecular flexibility index (Phi) is 5.16. The van der Waals surface area contributed by atoms with Gasteiger partial charge in [-0.1, -0.05) is 11.6 Å². The minimum atomic E-state index is -0.121. The van der Waals surface area contributed by atoms with Crippen molar-refractivity contribution in [3.63, 3.8) is 0 Å². The average Bonchev–Trinajstić information content (AvgIpc) is 2.35. The van der Waals surface area contributed by atoms with Crippen LogP contribution in [0.2, 0.25) is 5.02 Å². The summed E-state index contributed by atoms with van der Waals surface area (Å²) in [7, 11) is 1.70. The fraction of sp³-hybridized carbons (Fsp3) is 0.385. The zero-order valence-electron chi connectivity index (χ0n) is 10.7. The highest BCUT2D eigenvalue weighted by Gasteiger charge is 2.10. The summed E-state index contributed by atoms with van der Waals surface area (Å²) < 4.78 is 5.32. The summed E-state index contributed by atoms with van der Waals surface area (Å²) in [6.45, 7) is 3.90. The fourth-order valence-corrected chi connectivity index (χ4v) is 1.50. The maximum atomic E-state index is 11.5. The van der Waals surface area contributed by atoms with Crippen molar-refractivity contribution in [2.45, 2.75) is 13.8 Å². The van der Waals surface area contributed by atoms with Gasteiger partial charge in [0, 0.05) is 19.2 Å². The number of hydrogen-bond acceptors (Lipinski definition) is 3. The van der Waals surface area contributed by atoms with Gasteiger partial charge in [-0.25, -0.2) is 0 Å². The summed E-state index contributed by atoms with van der Waals surface area (Å²) >= 11 is 5.97. The number of hydrogen-bond donors (Lipinski definition) is 0. The second-order valence-corrected chi connectivity index (χ2v) is 4.31. The molecule has 18 heavy (non-hydrogen) atoms. The Balaban J connectivity index is 2.69. The second kappa shape index (κ2) is 6.40. The monoisotopic (exact) mass is 269 g/mol. The fourth-order valence-electron chi connectivity index (χ4n) is 1.26. The van der Waals surface area contributed by atoms with Crippen molar-refractivity contribution in [1.29, 1.82) is 0 Å². The first-order valence-electron chi connectivity index (χ1n) is 5.63. The molecule has 1 amide bonds. The number of carbonyl (C=O) groups is 2. The molecule has 1 aromatic rings. The summed E-state index contributed by atoms with van der Waals surface area (Å²) in [5.74, 6) is 0.217. The molecule has 0 heterocycles. The van der Waals surface area contributed by atoms with Crippen LogP contribution in [0.4, 0.5) is 0 Å². The molecule has 0 spiro atoms. The van der Waals surface area contributed by atoms with E-state index in [-0.39, 0.29) is 18.3 Å². The van der Waals surface area contributed by atoms with Gasteiger partial charge in [0.25, 0.3) is 5.91 Å². The van der Waals surface area contributed by atoms with Crippen LogP contribution in [0.3, 0.4) is 0 Å². The lowest BCUT2D eigenvalue weighted by Crippen LogP contribution is -2.31. The molecule has 0 unspecified atom stereocenters. The van der Waals surface area contributed by atoms with Gasteiger partial charge in [-0.3, -0.25) is 9.59 Å². The predicted octanol–water partition coefficient (Wildman–Crippen LogP) is 2.40. The molecule has 98 valence electrons. The van der Waals surface area contributed by atoms with Crippen molar-refractivity contribution in [3.8, 4) is 5.75 Å². The maximum Gasteiger partial charge on any atom is 0.260 e. The third-order valence-corrected chi connectivity index (χ3v) is 2.89. The number of halogens is 1. The van der Waals surface area contributed by atoms with Crippen molar-refractivity contribution in [3.05, 3.63) is 28.8 Å². The van der Waals surface area contributed by atoms with E-state index < -0.39 is 0 Å². The lowest BCUT2D eigenvalue weighted by Gasteiger charge is -2.15. The third kappa shape index (κ3) is 3.74. The number of carbonyl (C=O) groups excluding carboxylic acids is 2. The number of rotatable bonds is 5. The number of likely N-dealkylation sites (N-methyl/N-ethyl adjacent to an activating group) is 1. The topological polar surface area (TPSA) is 46.6 Å². The standard InChI is InChI=1S/C13H16ClNO3/c1-4-15(3)13(17)8-18-12-6-5-10(9(2)16)7-11(12)14/h5-7H,4,8H2,1-3H3. The van der Waals surface area contributed by atoms with Crippen molar-refractivity contribution in [2.75, 3.05) is 20.2 Å². The van der Waals surface area contributed by atoms with E-state index in [1.54, 1.807) is 24.1 Å². The summed E-state index contributed by atoms with van der Waals surface area (Å²) in [6.07, 6.45) is 0. The van der Waals surface area contributed by atoms with E-state index in [9.17, 15) is 9.59 Å². The van der Waals surface area contributed by atoms with Crippen LogP contribution >= 0.6 is 11.6 Å². The Morgan fingerprint density at radius 2 is 2.06 bits per heavy atom. The number of benzene rings is 1. The summed E-state index contributed by atoms with van der Waals surface area (Å²) in [4.78, 5) is 24.2. The Morgan fingerprint density at radius 1 is 1.39 bits per heavy atom. The Bertz CT molecular complexity index is 460. The van der Waals surface area contributed by atoms with Gasteiger partial charge >= 0.3 is 0 Å². The van der Waals surface area contributed by atoms with Crippen LogP contribution in [0, 0.1) is 0 Å². The Morgan fingerprint density at radius 3 is 2.56 bits per heavy atom. The molecular weight excluding hydrogens is 254 g/mol. The first kappa shape index (κ1) is 14.5. The van der Waals surface area contributed by atoms with Gasteiger partial charge in [-0.15, -0.1) is 0 Å². The van der Waals surface area contributed by atoms with Gasteiger partial charge < -0.3 is 9.64 Å². The summed E-state index contributed by atoms with van der Waals surface area (Å²) in [5.41, 5.74) is 0.518. The smallest absolute Gasteiger partial charge is 0.260 e. The van der Waals surface area contributed by atoms with Crippen LogP contribution in [0.1, 0.15) is 24.2 Å². The van der Waals surface area contributed by atoms with Crippen LogP contribution in [-0.2, 0) is 4.79 Å². The molecule has 5 heteroatoms. The lowest BCUT2D eigenvalue weighted by molar-refractivity contribution is -0.131. The SMILES string of the molecule is CCN(C)C(=O)COc1ccc(C(C)=O)cc1Cl. The van der Waals surface area contributed by atoms with Crippen molar-refractivity contribution in [2.24, 2.45) is 0 Å². The molecule has 0 aromatic heterocycles. The predicted molar refractivity (Wildman–Crippen MR) is 70.3 cm³/mol. The van der Waals surface area contributed by atoms with Crippen LogP contribution in [0.15, 0.2) is 18.2 Å². The number of Topliss-reactive ketones (excluding diaryl/α,β-unsaturated/α-hetero) is 1. The first-order valence-corrected chi connectivity index (χ1v) is 6.00. The molecule has 0 atom stereocenters. The molecule has 0 saturated carbocycles. The van der Waals surface area contributed by atoms with Crippen molar-refractivity contribution < 1.29 is 14.3 Å². The van der Waals surface area contributed by atoms with Gasteiger partial charge in [0.15, 0.2) is 12.4 Å². The quantitative estimate of drug-likeness (QED) is 0.771. The maximum absolute atomic E-state index is 11.5. The highest BCUT2D eigenvalue weighted by molar-refractivity contribution is 6.32. The van der Waals surface area contributed by atoms with Gasteiger partial charge in [0.2, 0.25) is 0 Å². The third-order valence-electron chi connectivity index (χ3n) is 2.59. The number of ketones is 1. The van der Waals surface area contributed by atoms with E-state index >= 15 is 0 Å². The van der Waals surface area contributed by atoms with Crippen LogP contribution in [0.25, 0.3) is 0 Å². The molecule has 0 N–H and O–H groups in total. The highest BCUT2D eigenvalue weighted by atomic mass is 35.5. The molecule has 4 nitrogen and oxygen atoms in total. The summed E-state index contributed by atoms with van der Waals surface area (Å²) in [6, 6.07) is 4.75. The van der Waals surface area contributed by atoms with Crippen LogP contribution < -0.4 is 4.74 Å². The van der Waals surface area contributed by atoms with Gasteiger partial charge in [-0.2, -0.15) is 0 Å². The van der Waals surface area contributed by atoms with Gasteiger partial charge in [-0.05, 0) is 32.0 Å². The molecular formula is C13H16ClNO3. The van der Waals surface area contributed by atoms with Crippen molar-refractivity contribution >= 4 is 23.3 Å². The normalized spacial score (nSPS) is 10.0. The average molecular weight is 270 g/mol. The first-order chi connectivity index (χ1) is 8.45. The van der Waals surface area contributed by atoms with Gasteiger partial charge in [0.05, 0.1) is 5.02 Å². The van der Waals surface area contributed by atoms with E-state index in [1.807, 2.05) is 6.92 Å². The number of amides is 1. The number of ether oxygens (including phenoxy) is 1. The number of nitrogens with zero attached hydrogens (tertiary/aromatic N) is 1. The minimum Gasteiger partial charge on any atom is -0.482 e. The highest BCUT2D eigenvalue weighted by Crippen LogP contribution is 2.25. The molecule has 0 radical (unpaired) electrons. The minimum absolute atomic E-state index is 0.0646. The molecule has 0 saturated heterocycles. The van der Waals surface area contributed by atoms with Crippen LogP contribution in [0.5, 0.6) is 5.75 Å². The zero-order chi connectivity index (χ0) is 13.7. The lowest BCUT2D eigenvalue weighted by atomic mass is 10.1. The Hall–Kier alpha value is -1.55. The van der Waals surface area contributed by atoms with Crippen molar-refractivity contribution in [1.82, 2.24) is 4.90 Å². The zero-order valence-corrected chi connectivity index (χ0v) is 11.5. The molecule has 1 rings (SSSR count). The van der Waals surface area contributed by atoms with E-state index in [0.29, 0.717) is 22.9 Å². The molecule has 0 bridgehead atoms. The molecule has 0 aliphatic rings. The molecule has 0 fully saturated rings. The second-order valence-electron chi connectivity index (χ2n) is 3.90. The van der Waals surface area contributed by atoms with E-state index in [2.05, 4.69) is 0 Å². The van der Waals surface area contributed by atoms with E-state index in [0.717, 1.165) is 0 Å². The van der Waals surface area contributed by atoms with Gasteiger partial charge in [0.1, 0.15) is 5.75 Å². The Labute approximate surface area is 111 Å². The van der Waals surface area contributed by atoms with E-state index in [1.165, 1.54) is 13.0 Å². The largest absolute Gasteiger partial charge is 0.482 e. The van der Waals surface area contributed by atoms with Crippen LogP contribution in [-0.4, -0.2) is 36.8 Å².